The summed E-state index contributed by atoms with van der Waals surface area (Å²) in [5.74, 6) is 0.624. The zero-order valence-electron chi connectivity index (χ0n) is 14.9. The minimum Gasteiger partial charge on any atom is -0.303 e. The van der Waals surface area contributed by atoms with Crippen LogP contribution in [-0.4, -0.2) is 51.4 Å². The van der Waals surface area contributed by atoms with Crippen molar-refractivity contribution in [3.63, 3.8) is 0 Å². The van der Waals surface area contributed by atoms with E-state index in [1.807, 2.05) is 36.8 Å². The van der Waals surface area contributed by atoms with Crippen molar-refractivity contribution in [3.05, 3.63) is 66.4 Å². The average Bonchev–Trinajstić information content (AvgIpc) is 3.20. The van der Waals surface area contributed by atoms with Crippen LogP contribution < -0.4 is 0 Å². The largest absolute Gasteiger partial charge is 0.303 e. The Morgan fingerprint density at radius 2 is 2.12 bits per heavy atom. The summed E-state index contributed by atoms with van der Waals surface area (Å²) >= 11 is 0. The van der Waals surface area contributed by atoms with Gasteiger partial charge in [0.25, 0.3) is 0 Å². The molecule has 5 nitrogen and oxygen atoms in total. The van der Waals surface area contributed by atoms with E-state index < -0.39 is 0 Å². The first-order valence-corrected chi connectivity index (χ1v) is 8.92. The first-order valence-electron chi connectivity index (χ1n) is 8.92. The van der Waals surface area contributed by atoms with Gasteiger partial charge in [0.05, 0.1) is 11.9 Å². The fourth-order valence-electron chi connectivity index (χ4n) is 4.14. The molecule has 0 unspecified atom stereocenters. The van der Waals surface area contributed by atoms with Gasteiger partial charge in [-0.1, -0.05) is 12.1 Å². The van der Waals surface area contributed by atoms with Gasteiger partial charge in [-0.25, -0.2) is 4.98 Å². The Balaban J connectivity index is 1.47. The van der Waals surface area contributed by atoms with Crippen LogP contribution in [-0.2, 0) is 6.54 Å². The molecule has 1 aliphatic heterocycles. The molecule has 4 heterocycles. The summed E-state index contributed by atoms with van der Waals surface area (Å²) in [6.45, 7) is 3.13. The lowest BCUT2D eigenvalue weighted by atomic mass is 9.94. The van der Waals surface area contributed by atoms with Crippen molar-refractivity contribution in [1.29, 1.82) is 0 Å². The minimum atomic E-state index is 0.457. The summed E-state index contributed by atoms with van der Waals surface area (Å²) in [6.07, 6.45) is 9.18. The van der Waals surface area contributed by atoms with Crippen molar-refractivity contribution in [3.8, 4) is 0 Å². The second-order valence-electron chi connectivity index (χ2n) is 7.14. The number of aromatic nitrogens is 3. The Morgan fingerprint density at radius 3 is 2.96 bits per heavy atom. The molecule has 0 amide bonds. The summed E-state index contributed by atoms with van der Waals surface area (Å²) in [6, 6.07) is 10.8. The Kier molecular flexibility index (Phi) is 4.51. The number of nitrogens with zero attached hydrogens (tertiary/aromatic N) is 5. The Morgan fingerprint density at radius 1 is 1.20 bits per heavy atom. The lowest BCUT2D eigenvalue weighted by Gasteiger charge is -2.28. The maximum atomic E-state index is 4.50. The highest BCUT2D eigenvalue weighted by Crippen LogP contribution is 2.36. The smallest absolute Gasteiger partial charge is 0.136 e. The number of likely N-dealkylation sites (tertiary alicyclic amines) is 1. The van der Waals surface area contributed by atoms with Crippen LogP contribution in [0.2, 0.25) is 0 Å². The lowest BCUT2D eigenvalue weighted by Crippen LogP contribution is -2.30. The zero-order chi connectivity index (χ0) is 17.2. The van der Waals surface area contributed by atoms with E-state index in [4.69, 9.17) is 0 Å². The SMILES string of the molecule is CN(Cc1cnc2ccccn12)C[C@@H]1CCN(C)[C@H]1c1cccnc1. The highest BCUT2D eigenvalue weighted by atomic mass is 15.2. The maximum absolute atomic E-state index is 4.50. The molecule has 3 aromatic heterocycles. The topological polar surface area (TPSA) is 36.7 Å². The normalized spacial score (nSPS) is 21.4. The Hall–Kier alpha value is -2.24. The maximum Gasteiger partial charge on any atom is 0.136 e. The van der Waals surface area contributed by atoms with Gasteiger partial charge in [0.1, 0.15) is 5.65 Å². The van der Waals surface area contributed by atoms with Crippen LogP contribution in [0.1, 0.15) is 23.7 Å². The molecule has 0 N–H and O–H groups in total. The third kappa shape index (κ3) is 3.30. The fourth-order valence-corrected chi connectivity index (χ4v) is 4.14. The van der Waals surface area contributed by atoms with Gasteiger partial charge in [0, 0.05) is 37.7 Å². The van der Waals surface area contributed by atoms with Crippen molar-refractivity contribution in [1.82, 2.24) is 24.2 Å². The third-order valence-electron chi connectivity index (χ3n) is 5.27. The molecule has 2 atom stereocenters. The molecule has 5 heteroatoms. The molecular weight excluding hydrogens is 310 g/mol. The van der Waals surface area contributed by atoms with Crippen molar-refractivity contribution in [2.45, 2.75) is 19.0 Å². The van der Waals surface area contributed by atoms with Gasteiger partial charge < -0.3 is 9.30 Å². The second kappa shape index (κ2) is 6.94. The van der Waals surface area contributed by atoms with Gasteiger partial charge in [0.15, 0.2) is 0 Å². The van der Waals surface area contributed by atoms with E-state index in [-0.39, 0.29) is 0 Å². The van der Waals surface area contributed by atoms with Gasteiger partial charge in [-0.3, -0.25) is 9.88 Å². The van der Waals surface area contributed by atoms with Crippen molar-refractivity contribution >= 4 is 5.65 Å². The number of hydrogen-bond acceptors (Lipinski definition) is 4. The van der Waals surface area contributed by atoms with Crippen molar-refractivity contribution in [2.24, 2.45) is 5.92 Å². The van der Waals surface area contributed by atoms with Crippen LogP contribution in [0.15, 0.2) is 55.1 Å². The summed E-state index contributed by atoms with van der Waals surface area (Å²) in [4.78, 5) is 13.7. The van der Waals surface area contributed by atoms with Crippen LogP contribution in [0.25, 0.3) is 5.65 Å². The molecule has 1 saturated heterocycles. The molecule has 3 aromatic rings. The lowest BCUT2D eigenvalue weighted by molar-refractivity contribution is 0.212. The first-order chi connectivity index (χ1) is 12.2. The molecule has 130 valence electrons. The molecule has 0 bridgehead atoms. The van der Waals surface area contributed by atoms with E-state index in [1.165, 1.54) is 17.7 Å². The molecule has 0 radical (unpaired) electrons. The number of pyridine rings is 2. The standard InChI is InChI=1S/C20H25N5/c1-23(15-18-13-22-19-7-3-4-10-25(18)19)14-17-8-11-24(2)20(17)16-6-5-9-21-12-16/h3-7,9-10,12-13,17,20H,8,11,14-15H2,1-2H3/t17-,20-/m0/s1. The number of imidazole rings is 1. The van der Waals surface area contributed by atoms with Crippen molar-refractivity contribution < 1.29 is 0 Å². The van der Waals surface area contributed by atoms with Crippen molar-refractivity contribution in [2.75, 3.05) is 27.2 Å². The minimum absolute atomic E-state index is 0.457. The highest BCUT2D eigenvalue weighted by molar-refractivity contribution is 5.39. The van der Waals surface area contributed by atoms with Gasteiger partial charge in [-0.15, -0.1) is 0 Å². The van der Waals surface area contributed by atoms with Gasteiger partial charge in [-0.05, 0) is 56.7 Å². The monoisotopic (exact) mass is 335 g/mol. The number of rotatable bonds is 5. The zero-order valence-corrected chi connectivity index (χ0v) is 14.9. The van der Waals surface area contributed by atoms with E-state index in [9.17, 15) is 0 Å². The molecule has 1 aliphatic rings. The van der Waals surface area contributed by atoms with Gasteiger partial charge in [-0.2, -0.15) is 0 Å². The van der Waals surface area contributed by atoms with Gasteiger partial charge >= 0.3 is 0 Å². The Bertz CT molecular complexity index is 828. The van der Waals surface area contributed by atoms with E-state index in [1.54, 1.807) is 0 Å². The van der Waals surface area contributed by atoms with Crippen LogP contribution in [0, 0.1) is 5.92 Å². The molecule has 1 fully saturated rings. The van der Waals surface area contributed by atoms with Crippen LogP contribution in [0.3, 0.4) is 0 Å². The number of fused-ring (bicyclic) bond motifs is 1. The highest BCUT2D eigenvalue weighted by Gasteiger charge is 2.33. The van der Waals surface area contributed by atoms with Gasteiger partial charge in [0.2, 0.25) is 0 Å². The molecule has 0 spiro atoms. The molecule has 0 aromatic carbocycles. The summed E-state index contributed by atoms with van der Waals surface area (Å²) in [5, 5.41) is 0. The molecule has 4 rings (SSSR count). The van der Waals surface area contributed by atoms with Crippen LogP contribution in [0.4, 0.5) is 0 Å². The molecular formula is C20H25N5. The quantitative estimate of drug-likeness (QED) is 0.718. The van der Waals surface area contributed by atoms with E-state index in [2.05, 4.69) is 56.6 Å². The second-order valence-corrected chi connectivity index (χ2v) is 7.14. The van der Waals surface area contributed by atoms with E-state index >= 15 is 0 Å². The van der Waals surface area contributed by atoms with E-state index in [0.717, 1.165) is 25.3 Å². The molecule has 25 heavy (non-hydrogen) atoms. The average molecular weight is 335 g/mol. The summed E-state index contributed by atoms with van der Waals surface area (Å²) < 4.78 is 2.18. The fraction of sp³-hybridized carbons (Fsp3) is 0.400. The molecule has 0 aliphatic carbocycles. The predicted molar refractivity (Wildman–Crippen MR) is 99.2 cm³/mol. The first kappa shape index (κ1) is 16.2. The summed E-state index contributed by atoms with van der Waals surface area (Å²) in [7, 11) is 4.43. The van der Waals surface area contributed by atoms with Crippen LogP contribution in [0.5, 0.6) is 0 Å². The van der Waals surface area contributed by atoms with Crippen LogP contribution >= 0.6 is 0 Å². The molecule has 0 saturated carbocycles. The summed E-state index contributed by atoms with van der Waals surface area (Å²) in [5.41, 5.74) is 3.58. The predicted octanol–water partition coefficient (Wildman–Crippen LogP) is 2.85. The number of hydrogen-bond donors (Lipinski definition) is 0. The van der Waals surface area contributed by atoms with E-state index in [0.29, 0.717) is 12.0 Å². The Labute approximate surface area is 148 Å². The third-order valence-corrected chi connectivity index (χ3v) is 5.27.